The highest BCUT2D eigenvalue weighted by Crippen LogP contribution is 2.25. The smallest absolute Gasteiger partial charge is 0.165 e. The maximum absolute atomic E-state index is 13.7. The quantitative estimate of drug-likeness (QED) is 0.558. The van der Waals surface area contributed by atoms with Crippen LogP contribution in [0, 0.1) is 5.82 Å². The van der Waals surface area contributed by atoms with Gasteiger partial charge in [0.25, 0.3) is 0 Å². The molecule has 0 saturated heterocycles. The van der Waals surface area contributed by atoms with E-state index in [1.54, 1.807) is 30.1 Å². The zero-order valence-corrected chi connectivity index (χ0v) is 11.4. The molecule has 2 rings (SSSR count). The molecule has 1 unspecified atom stereocenters. The molecule has 0 aliphatic carbocycles. The lowest BCUT2D eigenvalue weighted by atomic mass is 10.0. The van der Waals surface area contributed by atoms with Crippen molar-refractivity contribution in [1.82, 2.24) is 15.2 Å². The lowest BCUT2D eigenvalue weighted by Crippen LogP contribution is -2.30. The van der Waals surface area contributed by atoms with Crippen molar-refractivity contribution < 1.29 is 9.13 Å². The molecule has 5 N–H and O–H groups in total. The fraction of sp³-hybridized carbons (Fsp3) is 0.308. The number of hydrazine groups is 1. The first-order valence-corrected chi connectivity index (χ1v) is 6.12. The van der Waals surface area contributed by atoms with Crippen LogP contribution in [-0.4, -0.2) is 16.9 Å². The Bertz CT molecular complexity index is 598. The van der Waals surface area contributed by atoms with Gasteiger partial charge >= 0.3 is 0 Å². The van der Waals surface area contributed by atoms with Crippen molar-refractivity contribution >= 4 is 5.82 Å². The van der Waals surface area contributed by atoms with E-state index in [2.05, 4.69) is 10.5 Å². The third-order valence-corrected chi connectivity index (χ3v) is 3.25. The molecule has 2 aromatic rings. The summed E-state index contributed by atoms with van der Waals surface area (Å²) in [5.74, 6) is 5.91. The Kier molecular flexibility index (Phi) is 4.21. The highest BCUT2D eigenvalue weighted by Gasteiger charge is 2.17. The van der Waals surface area contributed by atoms with Crippen LogP contribution in [-0.2, 0) is 13.5 Å². The highest BCUT2D eigenvalue weighted by atomic mass is 19.1. The topological polar surface area (TPSA) is 91.1 Å². The maximum Gasteiger partial charge on any atom is 0.165 e. The molecule has 6 nitrogen and oxygen atoms in total. The summed E-state index contributed by atoms with van der Waals surface area (Å²) in [7, 11) is 3.18. The van der Waals surface area contributed by atoms with Gasteiger partial charge in [-0.25, -0.2) is 4.39 Å². The van der Waals surface area contributed by atoms with E-state index in [1.807, 2.05) is 0 Å². The second-order valence-electron chi connectivity index (χ2n) is 4.50. The first-order valence-electron chi connectivity index (χ1n) is 6.12. The normalized spacial score (nSPS) is 12.4. The van der Waals surface area contributed by atoms with Crippen LogP contribution in [0.4, 0.5) is 10.2 Å². The Morgan fingerprint density at radius 1 is 1.50 bits per heavy atom. The average Bonchev–Trinajstić information content (AvgIpc) is 2.77. The summed E-state index contributed by atoms with van der Waals surface area (Å²) in [5, 5.41) is 4.07. The molecule has 0 amide bonds. The second-order valence-corrected chi connectivity index (χ2v) is 4.50. The summed E-state index contributed by atoms with van der Waals surface area (Å²) in [4.78, 5) is 0. The van der Waals surface area contributed by atoms with Crippen LogP contribution in [0.1, 0.15) is 17.2 Å². The van der Waals surface area contributed by atoms with E-state index in [4.69, 9.17) is 16.3 Å². The molecule has 0 spiro atoms. The Morgan fingerprint density at radius 2 is 2.25 bits per heavy atom. The van der Waals surface area contributed by atoms with E-state index in [9.17, 15) is 4.39 Å². The van der Waals surface area contributed by atoms with Crippen molar-refractivity contribution in [3.8, 4) is 5.75 Å². The van der Waals surface area contributed by atoms with Crippen molar-refractivity contribution in [3.63, 3.8) is 0 Å². The van der Waals surface area contributed by atoms with Crippen molar-refractivity contribution in [2.75, 3.05) is 12.8 Å². The van der Waals surface area contributed by atoms with Gasteiger partial charge < -0.3 is 10.5 Å². The molecular weight excluding hydrogens is 261 g/mol. The molecular formula is C13H18FN5O. The van der Waals surface area contributed by atoms with Gasteiger partial charge in [-0.15, -0.1) is 0 Å². The molecule has 1 aromatic carbocycles. The summed E-state index contributed by atoms with van der Waals surface area (Å²) in [6.07, 6.45) is 2.15. The summed E-state index contributed by atoms with van der Waals surface area (Å²) in [6.45, 7) is 0. The van der Waals surface area contributed by atoms with Gasteiger partial charge in [-0.05, 0) is 24.1 Å². The number of rotatable bonds is 5. The Balaban J connectivity index is 2.22. The first kappa shape index (κ1) is 14.3. The predicted molar refractivity (Wildman–Crippen MR) is 74.3 cm³/mol. The van der Waals surface area contributed by atoms with Crippen LogP contribution < -0.4 is 21.7 Å². The molecule has 1 aromatic heterocycles. The minimum absolute atomic E-state index is 0.215. The number of benzene rings is 1. The summed E-state index contributed by atoms with van der Waals surface area (Å²) in [5.41, 5.74) is 10.2. The van der Waals surface area contributed by atoms with Gasteiger partial charge in [0.1, 0.15) is 5.82 Å². The van der Waals surface area contributed by atoms with Gasteiger partial charge in [-0.2, -0.15) is 5.10 Å². The highest BCUT2D eigenvalue weighted by molar-refractivity contribution is 5.42. The molecule has 0 aliphatic rings. The van der Waals surface area contributed by atoms with Gasteiger partial charge in [0.2, 0.25) is 0 Å². The van der Waals surface area contributed by atoms with Gasteiger partial charge in [0.05, 0.1) is 19.3 Å². The third-order valence-electron chi connectivity index (χ3n) is 3.25. The first-order chi connectivity index (χ1) is 9.56. The lowest BCUT2D eigenvalue weighted by Gasteiger charge is -2.16. The van der Waals surface area contributed by atoms with Crippen molar-refractivity contribution in [1.29, 1.82) is 0 Å². The Labute approximate surface area is 116 Å². The number of ether oxygens (including phenoxy) is 1. The Hall–Kier alpha value is -2.12. The molecule has 0 aliphatic heterocycles. The fourth-order valence-corrected chi connectivity index (χ4v) is 2.06. The predicted octanol–water partition coefficient (Wildman–Crippen LogP) is 0.897. The number of hydrogen-bond acceptors (Lipinski definition) is 5. The fourth-order valence-electron chi connectivity index (χ4n) is 2.06. The molecule has 0 bridgehead atoms. The molecule has 0 saturated carbocycles. The number of aryl methyl sites for hydroxylation is 1. The summed E-state index contributed by atoms with van der Waals surface area (Å²) >= 11 is 0. The average molecular weight is 279 g/mol. The summed E-state index contributed by atoms with van der Waals surface area (Å²) in [6, 6.07) is 4.57. The minimum atomic E-state index is -0.403. The number of nitrogens with two attached hydrogens (primary N) is 2. The van der Waals surface area contributed by atoms with E-state index in [0.29, 0.717) is 12.2 Å². The number of hydrogen-bond donors (Lipinski definition) is 3. The molecule has 7 heteroatoms. The minimum Gasteiger partial charge on any atom is -0.494 e. The number of methoxy groups -OCH3 is 1. The largest absolute Gasteiger partial charge is 0.494 e. The monoisotopic (exact) mass is 279 g/mol. The van der Waals surface area contributed by atoms with Gasteiger partial charge in [-0.3, -0.25) is 16.0 Å². The van der Waals surface area contributed by atoms with Crippen LogP contribution in [0.3, 0.4) is 0 Å². The van der Waals surface area contributed by atoms with E-state index in [1.165, 1.54) is 13.2 Å². The van der Waals surface area contributed by atoms with Gasteiger partial charge in [-0.1, -0.05) is 6.07 Å². The third kappa shape index (κ3) is 2.73. The van der Waals surface area contributed by atoms with E-state index in [-0.39, 0.29) is 11.8 Å². The zero-order valence-electron chi connectivity index (χ0n) is 11.4. The molecule has 0 radical (unpaired) electrons. The van der Waals surface area contributed by atoms with Crippen LogP contribution >= 0.6 is 0 Å². The van der Waals surface area contributed by atoms with Gasteiger partial charge in [0.15, 0.2) is 11.6 Å². The van der Waals surface area contributed by atoms with Crippen LogP contribution in [0.15, 0.2) is 24.4 Å². The molecule has 0 fully saturated rings. The maximum atomic E-state index is 13.7. The van der Waals surface area contributed by atoms with Gasteiger partial charge in [0, 0.05) is 12.6 Å². The van der Waals surface area contributed by atoms with Crippen molar-refractivity contribution in [2.45, 2.75) is 12.5 Å². The number of nitrogen functional groups attached to an aromatic ring is 1. The van der Waals surface area contributed by atoms with Crippen LogP contribution in [0.25, 0.3) is 0 Å². The number of nitrogens with one attached hydrogen (secondary N) is 1. The number of aromatic nitrogens is 2. The van der Waals surface area contributed by atoms with Crippen molar-refractivity contribution in [3.05, 3.63) is 41.3 Å². The van der Waals surface area contributed by atoms with E-state index >= 15 is 0 Å². The van der Waals surface area contributed by atoms with Crippen LogP contribution in [0.5, 0.6) is 5.75 Å². The van der Waals surface area contributed by atoms with E-state index in [0.717, 1.165) is 11.1 Å². The molecule has 1 heterocycles. The van der Waals surface area contributed by atoms with Crippen molar-refractivity contribution in [2.24, 2.45) is 12.9 Å². The molecule has 1 atom stereocenters. The number of halogens is 1. The SMILES string of the molecule is COc1ccc(CC(NN)c2cnn(C)c2N)cc1F. The van der Waals surface area contributed by atoms with Crippen LogP contribution in [0.2, 0.25) is 0 Å². The summed E-state index contributed by atoms with van der Waals surface area (Å²) < 4.78 is 20.1. The second kappa shape index (κ2) is 5.89. The Morgan fingerprint density at radius 3 is 2.75 bits per heavy atom. The zero-order chi connectivity index (χ0) is 14.7. The molecule has 108 valence electrons. The number of nitrogens with zero attached hydrogens (tertiary/aromatic N) is 2. The number of anilines is 1. The lowest BCUT2D eigenvalue weighted by molar-refractivity contribution is 0.386. The standard InChI is InChI=1S/C13H18FN5O/c1-19-13(15)9(7-17-19)11(18-16)6-8-3-4-12(20-2)10(14)5-8/h3-5,7,11,18H,6,15-16H2,1-2H3. The van der Waals surface area contributed by atoms with E-state index < -0.39 is 5.82 Å². The molecule has 20 heavy (non-hydrogen) atoms.